The molecule has 0 spiro atoms. The van der Waals surface area contributed by atoms with Gasteiger partial charge < -0.3 is 4.74 Å². The molecule has 1 aromatic heterocycles. The summed E-state index contributed by atoms with van der Waals surface area (Å²) in [6, 6.07) is 28.5. The van der Waals surface area contributed by atoms with Gasteiger partial charge >= 0.3 is 0 Å². The van der Waals surface area contributed by atoms with Gasteiger partial charge in [0.05, 0.1) is 6.21 Å². The first-order valence-corrected chi connectivity index (χ1v) is 11.2. The van der Waals surface area contributed by atoms with Crippen LogP contribution in [0.4, 0.5) is 0 Å². The summed E-state index contributed by atoms with van der Waals surface area (Å²) < 4.78 is 7.25. The SMILES string of the molecule is Cc1cc(/C=N/NC(=O)COc2ccc(-c3ccccc3)cc2)c(C)n1NC(=O)c1ccccc1. The number of aromatic nitrogens is 1. The predicted octanol–water partition coefficient (Wildman–Crippen LogP) is 4.68. The Morgan fingerprint density at radius 2 is 1.51 bits per heavy atom. The lowest BCUT2D eigenvalue weighted by Crippen LogP contribution is -2.25. The Hall–Kier alpha value is -4.65. The Bertz CT molecular complexity index is 1330. The van der Waals surface area contributed by atoms with Crippen molar-refractivity contribution in [2.75, 3.05) is 12.0 Å². The molecule has 0 aliphatic rings. The maximum absolute atomic E-state index is 12.5. The smallest absolute Gasteiger partial charge is 0.277 e. The molecule has 0 atom stereocenters. The average Bonchev–Trinajstić information content (AvgIpc) is 3.16. The number of amides is 2. The van der Waals surface area contributed by atoms with Crippen LogP contribution in [-0.4, -0.2) is 29.3 Å². The molecule has 0 saturated carbocycles. The van der Waals surface area contributed by atoms with Gasteiger partial charge in [0.15, 0.2) is 6.61 Å². The largest absolute Gasteiger partial charge is 0.484 e. The molecule has 0 saturated heterocycles. The zero-order chi connectivity index (χ0) is 24.6. The molecule has 0 aliphatic heterocycles. The number of nitrogens with one attached hydrogen (secondary N) is 2. The maximum atomic E-state index is 12.5. The van der Waals surface area contributed by atoms with Crippen LogP contribution in [0.2, 0.25) is 0 Å². The number of carbonyl (C=O) groups is 2. The third-order valence-electron chi connectivity index (χ3n) is 5.44. The Morgan fingerprint density at radius 3 is 2.20 bits per heavy atom. The van der Waals surface area contributed by atoms with Crippen LogP contribution in [0.1, 0.15) is 27.3 Å². The van der Waals surface area contributed by atoms with Gasteiger partial charge in [-0.1, -0.05) is 60.7 Å². The van der Waals surface area contributed by atoms with Gasteiger partial charge in [0.1, 0.15) is 5.75 Å². The minimum absolute atomic E-state index is 0.159. The van der Waals surface area contributed by atoms with E-state index in [1.165, 1.54) is 0 Å². The summed E-state index contributed by atoms with van der Waals surface area (Å²) in [6.45, 7) is 3.59. The van der Waals surface area contributed by atoms with Crippen LogP contribution in [0, 0.1) is 13.8 Å². The third kappa shape index (κ3) is 6.03. The first-order chi connectivity index (χ1) is 17.0. The van der Waals surface area contributed by atoms with Gasteiger partial charge in [0, 0.05) is 22.5 Å². The molecular formula is C28H26N4O3. The zero-order valence-corrected chi connectivity index (χ0v) is 19.6. The molecule has 35 heavy (non-hydrogen) atoms. The van der Waals surface area contributed by atoms with E-state index in [1.807, 2.05) is 92.7 Å². The van der Waals surface area contributed by atoms with E-state index in [4.69, 9.17) is 4.74 Å². The lowest BCUT2D eigenvalue weighted by atomic mass is 10.1. The van der Waals surface area contributed by atoms with Gasteiger partial charge in [-0.15, -0.1) is 0 Å². The van der Waals surface area contributed by atoms with E-state index < -0.39 is 0 Å². The summed E-state index contributed by atoms with van der Waals surface area (Å²) in [6.07, 6.45) is 1.54. The first kappa shape index (κ1) is 23.5. The fraction of sp³-hybridized carbons (Fsp3) is 0.107. The average molecular weight is 467 g/mol. The van der Waals surface area contributed by atoms with Crippen molar-refractivity contribution in [2.24, 2.45) is 5.10 Å². The highest BCUT2D eigenvalue weighted by Crippen LogP contribution is 2.22. The highest BCUT2D eigenvalue weighted by Gasteiger charge is 2.12. The fourth-order valence-corrected chi connectivity index (χ4v) is 3.58. The summed E-state index contributed by atoms with van der Waals surface area (Å²) in [4.78, 5) is 24.6. The molecule has 0 bridgehead atoms. The molecule has 4 aromatic rings. The van der Waals surface area contributed by atoms with Crippen LogP contribution in [-0.2, 0) is 4.79 Å². The number of carbonyl (C=O) groups excluding carboxylic acids is 2. The monoisotopic (exact) mass is 466 g/mol. The van der Waals surface area contributed by atoms with Crippen LogP contribution >= 0.6 is 0 Å². The van der Waals surface area contributed by atoms with Crippen molar-refractivity contribution in [1.29, 1.82) is 0 Å². The Morgan fingerprint density at radius 1 is 0.886 bits per heavy atom. The molecule has 0 radical (unpaired) electrons. The first-order valence-electron chi connectivity index (χ1n) is 11.2. The van der Waals surface area contributed by atoms with Gasteiger partial charge in [0.2, 0.25) is 0 Å². The Kier molecular flexibility index (Phi) is 7.37. The van der Waals surface area contributed by atoms with E-state index in [9.17, 15) is 9.59 Å². The molecule has 4 rings (SSSR count). The second-order valence-corrected chi connectivity index (χ2v) is 7.94. The lowest BCUT2D eigenvalue weighted by molar-refractivity contribution is -0.123. The summed E-state index contributed by atoms with van der Waals surface area (Å²) in [5.41, 5.74) is 10.5. The number of aryl methyl sites for hydroxylation is 1. The number of hydrogen-bond acceptors (Lipinski definition) is 4. The van der Waals surface area contributed by atoms with Crippen LogP contribution in [0.3, 0.4) is 0 Å². The van der Waals surface area contributed by atoms with Crippen molar-refractivity contribution in [3.63, 3.8) is 0 Å². The minimum atomic E-state index is -0.375. The molecular weight excluding hydrogens is 440 g/mol. The Labute approximate surface area is 204 Å². The molecule has 7 nitrogen and oxygen atoms in total. The maximum Gasteiger partial charge on any atom is 0.277 e. The van der Waals surface area contributed by atoms with E-state index >= 15 is 0 Å². The van der Waals surface area contributed by atoms with E-state index in [-0.39, 0.29) is 18.4 Å². The van der Waals surface area contributed by atoms with Gasteiger partial charge in [-0.25, -0.2) is 5.43 Å². The van der Waals surface area contributed by atoms with Crippen LogP contribution in [0.25, 0.3) is 11.1 Å². The van der Waals surface area contributed by atoms with Gasteiger partial charge in [-0.2, -0.15) is 5.10 Å². The van der Waals surface area contributed by atoms with Gasteiger partial charge in [-0.05, 0) is 55.3 Å². The topological polar surface area (TPSA) is 84.7 Å². The molecule has 7 heteroatoms. The van der Waals surface area contributed by atoms with Gasteiger partial charge in [-0.3, -0.25) is 19.7 Å². The van der Waals surface area contributed by atoms with Crippen molar-refractivity contribution in [2.45, 2.75) is 13.8 Å². The molecule has 0 fully saturated rings. The number of benzene rings is 3. The summed E-state index contributed by atoms with van der Waals surface area (Å²) in [7, 11) is 0. The van der Waals surface area contributed by atoms with E-state index in [0.29, 0.717) is 11.3 Å². The number of nitrogens with zero attached hydrogens (tertiary/aromatic N) is 2. The van der Waals surface area contributed by atoms with Crippen LogP contribution in [0.5, 0.6) is 5.75 Å². The Balaban J connectivity index is 1.29. The van der Waals surface area contributed by atoms with Crippen LogP contribution < -0.4 is 15.6 Å². The van der Waals surface area contributed by atoms with Crippen molar-refractivity contribution < 1.29 is 14.3 Å². The zero-order valence-electron chi connectivity index (χ0n) is 19.6. The normalized spacial score (nSPS) is 10.8. The van der Waals surface area contributed by atoms with E-state index in [2.05, 4.69) is 16.0 Å². The predicted molar refractivity (Wildman–Crippen MR) is 137 cm³/mol. The molecule has 0 unspecified atom stereocenters. The van der Waals surface area contributed by atoms with Crippen molar-refractivity contribution in [3.8, 4) is 16.9 Å². The summed E-state index contributed by atoms with van der Waals surface area (Å²) in [5, 5.41) is 4.03. The lowest BCUT2D eigenvalue weighted by Gasteiger charge is -2.11. The molecule has 2 amide bonds. The summed E-state index contributed by atoms with van der Waals surface area (Å²) >= 11 is 0. The number of hydrogen-bond donors (Lipinski definition) is 2. The molecule has 2 N–H and O–H groups in total. The minimum Gasteiger partial charge on any atom is -0.484 e. The van der Waals surface area contributed by atoms with Gasteiger partial charge in [0.25, 0.3) is 11.8 Å². The quantitative estimate of drug-likeness (QED) is 0.292. The molecule has 0 aliphatic carbocycles. The van der Waals surface area contributed by atoms with E-state index in [1.54, 1.807) is 23.0 Å². The number of hydrazone groups is 1. The van der Waals surface area contributed by atoms with Crippen LogP contribution in [0.15, 0.2) is 96.1 Å². The molecule has 1 heterocycles. The van der Waals surface area contributed by atoms with Crippen molar-refractivity contribution in [1.82, 2.24) is 10.1 Å². The van der Waals surface area contributed by atoms with Crippen molar-refractivity contribution >= 4 is 18.0 Å². The second kappa shape index (κ2) is 11.0. The third-order valence-corrected chi connectivity index (χ3v) is 5.44. The van der Waals surface area contributed by atoms with Crippen molar-refractivity contribution in [3.05, 3.63) is 114 Å². The standard InChI is InChI=1S/C28H26N4O3/c1-20-17-25(21(2)32(20)31-28(34)24-11-7-4-8-12-24)18-29-30-27(33)19-35-26-15-13-23(14-16-26)22-9-5-3-6-10-22/h3-18H,19H2,1-2H3,(H,30,33)(H,31,34)/b29-18+. The number of ether oxygens (including phenoxy) is 1. The molecule has 176 valence electrons. The molecule has 3 aromatic carbocycles. The van der Waals surface area contributed by atoms with E-state index in [0.717, 1.165) is 28.1 Å². The summed E-state index contributed by atoms with van der Waals surface area (Å²) in [5.74, 6) is 0.0132. The second-order valence-electron chi connectivity index (χ2n) is 7.94. The fourth-order valence-electron chi connectivity index (χ4n) is 3.58. The highest BCUT2D eigenvalue weighted by molar-refractivity contribution is 6.00. The highest BCUT2D eigenvalue weighted by atomic mass is 16.5. The number of rotatable bonds is 8.